The lowest BCUT2D eigenvalue weighted by Gasteiger charge is -2.20. The van der Waals surface area contributed by atoms with Crippen molar-refractivity contribution in [2.75, 3.05) is 17.2 Å². The summed E-state index contributed by atoms with van der Waals surface area (Å²) in [4.78, 5) is 18.1. The highest BCUT2D eigenvalue weighted by Gasteiger charge is 2.15. The fraction of sp³-hybridized carbons (Fsp3) is 0.231. The van der Waals surface area contributed by atoms with Gasteiger partial charge in [-0.3, -0.25) is 4.79 Å². The highest BCUT2D eigenvalue weighted by molar-refractivity contribution is 7.13. The van der Waals surface area contributed by atoms with Crippen LogP contribution in [0.2, 0.25) is 0 Å². The normalized spacial score (nSPS) is 10.3. The molecule has 1 heterocycles. The number of amides is 1. The van der Waals surface area contributed by atoms with Gasteiger partial charge in [-0.05, 0) is 19.1 Å². The van der Waals surface area contributed by atoms with Crippen LogP contribution < -0.4 is 10.6 Å². The van der Waals surface area contributed by atoms with Crippen LogP contribution in [-0.4, -0.2) is 17.4 Å². The summed E-state index contributed by atoms with van der Waals surface area (Å²) < 4.78 is 0. The Labute approximate surface area is 110 Å². The number of para-hydroxylation sites is 1. The van der Waals surface area contributed by atoms with Crippen LogP contribution in [0.4, 0.5) is 10.8 Å². The molecule has 4 nitrogen and oxygen atoms in total. The quantitative estimate of drug-likeness (QED) is 0.918. The number of aromatic nitrogens is 1. The zero-order valence-electron chi connectivity index (χ0n) is 10.2. The summed E-state index contributed by atoms with van der Waals surface area (Å²) in [7, 11) is 0. The van der Waals surface area contributed by atoms with Crippen LogP contribution in [0.1, 0.15) is 12.6 Å². The van der Waals surface area contributed by atoms with Gasteiger partial charge in [0.1, 0.15) is 0 Å². The number of anilines is 2. The molecule has 18 heavy (non-hydrogen) atoms. The van der Waals surface area contributed by atoms with Gasteiger partial charge < -0.3 is 10.6 Å². The number of hydrogen-bond donors (Lipinski definition) is 1. The van der Waals surface area contributed by atoms with Crippen LogP contribution in [-0.2, 0) is 11.2 Å². The third-order valence-electron chi connectivity index (χ3n) is 2.59. The number of carbonyl (C=O) groups is 1. The van der Waals surface area contributed by atoms with E-state index in [0.717, 1.165) is 11.4 Å². The number of nitrogens with zero attached hydrogens (tertiary/aromatic N) is 2. The van der Waals surface area contributed by atoms with E-state index in [-0.39, 0.29) is 12.3 Å². The minimum Gasteiger partial charge on any atom is -0.375 e. The number of rotatable bonds is 4. The van der Waals surface area contributed by atoms with Gasteiger partial charge in [0.2, 0.25) is 5.91 Å². The van der Waals surface area contributed by atoms with Gasteiger partial charge in [0.15, 0.2) is 5.13 Å². The molecule has 1 aromatic heterocycles. The number of benzene rings is 1. The third-order valence-corrected chi connectivity index (χ3v) is 3.31. The maximum absolute atomic E-state index is 12.2. The van der Waals surface area contributed by atoms with Gasteiger partial charge in [-0.1, -0.05) is 18.2 Å². The van der Waals surface area contributed by atoms with Crippen molar-refractivity contribution in [3.05, 3.63) is 41.4 Å². The Morgan fingerprint density at radius 3 is 2.67 bits per heavy atom. The van der Waals surface area contributed by atoms with E-state index >= 15 is 0 Å². The fourth-order valence-electron chi connectivity index (χ4n) is 1.77. The lowest BCUT2D eigenvalue weighted by molar-refractivity contribution is -0.118. The summed E-state index contributed by atoms with van der Waals surface area (Å²) >= 11 is 1.36. The zero-order valence-corrected chi connectivity index (χ0v) is 11.0. The summed E-state index contributed by atoms with van der Waals surface area (Å²) in [5.74, 6) is 0.0361. The Morgan fingerprint density at radius 1 is 1.39 bits per heavy atom. The molecule has 5 heteroatoms. The number of thiazole rings is 1. The molecular formula is C13H15N3OS. The maximum atomic E-state index is 12.2. The first-order valence-electron chi connectivity index (χ1n) is 5.76. The van der Waals surface area contributed by atoms with E-state index in [2.05, 4.69) is 4.98 Å². The first kappa shape index (κ1) is 12.6. The molecule has 1 amide bonds. The number of nitrogens with two attached hydrogens (primary N) is 1. The van der Waals surface area contributed by atoms with E-state index in [1.54, 1.807) is 4.90 Å². The average molecular weight is 261 g/mol. The predicted molar refractivity (Wildman–Crippen MR) is 74.7 cm³/mol. The molecule has 0 aliphatic carbocycles. The number of hydrogen-bond acceptors (Lipinski definition) is 4. The first-order chi connectivity index (χ1) is 8.70. The standard InChI is InChI=1S/C13H15N3OS/c1-2-16(11-6-4-3-5-7-11)12(17)8-10-9-18-13(14)15-10/h3-7,9H,2,8H2,1H3,(H2,14,15). The lowest BCUT2D eigenvalue weighted by Crippen LogP contribution is -2.32. The topological polar surface area (TPSA) is 59.2 Å². The SMILES string of the molecule is CCN(C(=O)Cc1csc(N)n1)c1ccccc1. The van der Waals surface area contributed by atoms with Crippen molar-refractivity contribution in [2.45, 2.75) is 13.3 Å². The van der Waals surface area contributed by atoms with Crippen molar-refractivity contribution in [1.82, 2.24) is 4.98 Å². The van der Waals surface area contributed by atoms with Crippen LogP contribution in [0, 0.1) is 0 Å². The Morgan fingerprint density at radius 2 is 2.11 bits per heavy atom. The molecule has 0 atom stereocenters. The van der Waals surface area contributed by atoms with Crippen molar-refractivity contribution >= 4 is 28.1 Å². The zero-order chi connectivity index (χ0) is 13.0. The minimum atomic E-state index is 0.0361. The van der Waals surface area contributed by atoms with Gasteiger partial charge in [-0.15, -0.1) is 11.3 Å². The third kappa shape index (κ3) is 2.87. The molecule has 2 rings (SSSR count). The van der Waals surface area contributed by atoms with Crippen molar-refractivity contribution in [3.8, 4) is 0 Å². The average Bonchev–Trinajstić information content (AvgIpc) is 2.77. The monoisotopic (exact) mass is 261 g/mol. The summed E-state index contributed by atoms with van der Waals surface area (Å²) in [6, 6.07) is 9.63. The molecule has 94 valence electrons. The van der Waals surface area contributed by atoms with Crippen LogP contribution in [0.15, 0.2) is 35.7 Å². The molecule has 0 radical (unpaired) electrons. The summed E-state index contributed by atoms with van der Waals surface area (Å²) in [6.45, 7) is 2.60. The van der Waals surface area contributed by atoms with Crippen molar-refractivity contribution in [3.63, 3.8) is 0 Å². The molecule has 0 fully saturated rings. The largest absolute Gasteiger partial charge is 0.375 e. The molecule has 0 aliphatic rings. The van der Waals surface area contributed by atoms with Crippen LogP contribution >= 0.6 is 11.3 Å². The lowest BCUT2D eigenvalue weighted by atomic mass is 10.2. The minimum absolute atomic E-state index is 0.0361. The highest BCUT2D eigenvalue weighted by Crippen LogP contribution is 2.16. The molecule has 2 aromatic rings. The van der Waals surface area contributed by atoms with E-state index in [4.69, 9.17) is 5.73 Å². The Kier molecular flexibility index (Phi) is 3.94. The van der Waals surface area contributed by atoms with Gasteiger partial charge in [0.25, 0.3) is 0 Å². The van der Waals surface area contributed by atoms with Gasteiger partial charge in [0, 0.05) is 17.6 Å². The molecule has 0 saturated heterocycles. The number of nitrogen functional groups attached to an aromatic ring is 1. The molecule has 0 bridgehead atoms. The number of carbonyl (C=O) groups excluding carboxylic acids is 1. The Bertz CT molecular complexity index is 524. The van der Waals surface area contributed by atoms with Crippen LogP contribution in [0.5, 0.6) is 0 Å². The molecule has 2 N–H and O–H groups in total. The highest BCUT2D eigenvalue weighted by atomic mass is 32.1. The molecular weight excluding hydrogens is 246 g/mol. The van der Waals surface area contributed by atoms with Gasteiger partial charge in [-0.25, -0.2) is 4.98 Å². The van der Waals surface area contributed by atoms with Crippen LogP contribution in [0.25, 0.3) is 0 Å². The second kappa shape index (κ2) is 5.64. The predicted octanol–water partition coefficient (Wildman–Crippen LogP) is 2.32. The van der Waals surface area contributed by atoms with Crippen molar-refractivity contribution in [2.24, 2.45) is 0 Å². The number of likely N-dealkylation sites (N-methyl/N-ethyl adjacent to an activating group) is 1. The van der Waals surface area contributed by atoms with E-state index in [1.165, 1.54) is 11.3 Å². The van der Waals surface area contributed by atoms with Crippen molar-refractivity contribution in [1.29, 1.82) is 0 Å². The van der Waals surface area contributed by atoms with Gasteiger partial charge in [0.05, 0.1) is 12.1 Å². The molecule has 0 aliphatic heterocycles. The molecule has 0 spiro atoms. The maximum Gasteiger partial charge on any atom is 0.233 e. The Balaban J connectivity index is 2.11. The summed E-state index contributed by atoms with van der Waals surface area (Å²) in [6.07, 6.45) is 0.288. The van der Waals surface area contributed by atoms with E-state index < -0.39 is 0 Å². The fourth-order valence-corrected chi connectivity index (χ4v) is 2.33. The van der Waals surface area contributed by atoms with Gasteiger partial charge >= 0.3 is 0 Å². The van der Waals surface area contributed by atoms with E-state index in [9.17, 15) is 4.79 Å². The molecule has 0 unspecified atom stereocenters. The van der Waals surface area contributed by atoms with Gasteiger partial charge in [-0.2, -0.15) is 0 Å². The first-order valence-corrected chi connectivity index (χ1v) is 6.64. The summed E-state index contributed by atoms with van der Waals surface area (Å²) in [5.41, 5.74) is 7.20. The van der Waals surface area contributed by atoms with E-state index in [1.807, 2.05) is 42.6 Å². The summed E-state index contributed by atoms with van der Waals surface area (Å²) in [5, 5.41) is 2.33. The second-order valence-electron chi connectivity index (χ2n) is 3.83. The second-order valence-corrected chi connectivity index (χ2v) is 4.72. The van der Waals surface area contributed by atoms with E-state index in [0.29, 0.717) is 11.7 Å². The molecule has 0 saturated carbocycles. The molecule has 1 aromatic carbocycles. The van der Waals surface area contributed by atoms with Crippen LogP contribution in [0.3, 0.4) is 0 Å². The Hall–Kier alpha value is -1.88. The van der Waals surface area contributed by atoms with Crippen molar-refractivity contribution < 1.29 is 4.79 Å². The smallest absolute Gasteiger partial charge is 0.233 e.